The van der Waals surface area contributed by atoms with E-state index in [1.165, 1.54) is 0 Å². The molecule has 0 heterocycles. The second-order valence-electron chi connectivity index (χ2n) is 11.1. The first-order valence-electron chi connectivity index (χ1n) is 14.4. The molecule has 2 aromatic carbocycles. The van der Waals surface area contributed by atoms with Crippen molar-refractivity contribution in [3.05, 3.63) is 58.7 Å². The second-order valence-corrected chi connectivity index (χ2v) is 11.1. The lowest BCUT2D eigenvalue weighted by Gasteiger charge is -2.35. The van der Waals surface area contributed by atoms with E-state index in [2.05, 4.69) is 34.6 Å². The second kappa shape index (κ2) is 14.3. The first-order valence-corrected chi connectivity index (χ1v) is 14.4. The molecule has 1 aliphatic carbocycles. The van der Waals surface area contributed by atoms with Gasteiger partial charge in [-0.05, 0) is 98.4 Å². The van der Waals surface area contributed by atoms with Gasteiger partial charge in [0.05, 0.1) is 26.4 Å². The summed E-state index contributed by atoms with van der Waals surface area (Å²) in [5, 5.41) is 0. The van der Waals surface area contributed by atoms with Crippen molar-refractivity contribution in [2.75, 3.05) is 26.4 Å². The number of hydrogen-bond donors (Lipinski definition) is 0. The van der Waals surface area contributed by atoms with Crippen LogP contribution < -0.4 is 18.9 Å². The Morgan fingerprint density at radius 2 is 1.13 bits per heavy atom. The zero-order valence-corrected chi connectivity index (χ0v) is 24.9. The summed E-state index contributed by atoms with van der Waals surface area (Å²) in [6.07, 6.45) is 7.38. The van der Waals surface area contributed by atoms with E-state index in [1.54, 1.807) is 0 Å². The van der Waals surface area contributed by atoms with Gasteiger partial charge in [0.15, 0.2) is 28.8 Å². The topological polar surface area (TPSA) is 54.0 Å². The molecule has 0 unspecified atom stereocenters. The summed E-state index contributed by atoms with van der Waals surface area (Å²) in [5.41, 5.74) is 3.59. The van der Waals surface area contributed by atoms with E-state index in [0.29, 0.717) is 43.8 Å². The summed E-state index contributed by atoms with van der Waals surface area (Å²) in [5.74, 6) is 3.33. The smallest absolute Gasteiger partial charge is 0.185 e. The minimum absolute atomic E-state index is 0.0571. The molecule has 5 heteroatoms. The number of carbonyl (C=O) groups excluding carboxylic acids is 1. The number of carbonyl (C=O) groups is 1. The highest BCUT2D eigenvalue weighted by Crippen LogP contribution is 2.42. The van der Waals surface area contributed by atoms with Gasteiger partial charge in [0, 0.05) is 11.1 Å². The van der Waals surface area contributed by atoms with Crippen molar-refractivity contribution in [3.63, 3.8) is 0 Å². The van der Waals surface area contributed by atoms with E-state index >= 15 is 0 Å². The van der Waals surface area contributed by atoms with Gasteiger partial charge in [-0.3, -0.25) is 4.79 Å². The molecule has 0 bridgehead atoms. The van der Waals surface area contributed by atoms with Crippen LogP contribution in [-0.4, -0.2) is 32.2 Å². The van der Waals surface area contributed by atoms with Crippen LogP contribution in [0.3, 0.4) is 0 Å². The Morgan fingerprint density at radius 3 is 1.49 bits per heavy atom. The molecule has 0 radical (unpaired) electrons. The molecule has 212 valence electrons. The van der Waals surface area contributed by atoms with Crippen molar-refractivity contribution in [1.82, 2.24) is 0 Å². The van der Waals surface area contributed by atoms with Crippen LogP contribution in [0.25, 0.3) is 12.2 Å². The Labute approximate surface area is 235 Å². The maximum absolute atomic E-state index is 13.8. The van der Waals surface area contributed by atoms with E-state index in [0.717, 1.165) is 59.5 Å². The first kappa shape index (κ1) is 30.3. The standard InChI is InChI=1S/C34H46O5/c1-8-16-38-29-14-12-24(20-31(29)36-10-3)18-26-22-28(34(5,6)7)23-27(33(26)35)19-25-13-15-30(39-17-9-2)32(21-25)37-11-4/h12-15,18-21,28H,8-11,16-17,22-23H2,1-7H3/b26-18+,27-19+. The minimum Gasteiger partial charge on any atom is -0.490 e. The van der Waals surface area contributed by atoms with Crippen LogP contribution >= 0.6 is 0 Å². The van der Waals surface area contributed by atoms with Gasteiger partial charge in [-0.15, -0.1) is 0 Å². The Bertz CT molecular complexity index is 1090. The molecule has 1 fully saturated rings. The third kappa shape index (κ3) is 8.39. The van der Waals surface area contributed by atoms with Crippen LogP contribution in [-0.2, 0) is 4.79 Å². The molecule has 5 nitrogen and oxygen atoms in total. The number of ether oxygens (including phenoxy) is 4. The van der Waals surface area contributed by atoms with Gasteiger partial charge in [0.25, 0.3) is 0 Å². The molecule has 0 amide bonds. The quantitative estimate of drug-likeness (QED) is 0.255. The van der Waals surface area contributed by atoms with Crippen LogP contribution in [0.15, 0.2) is 47.5 Å². The van der Waals surface area contributed by atoms with Crippen LogP contribution in [0.2, 0.25) is 0 Å². The van der Waals surface area contributed by atoms with E-state index in [-0.39, 0.29) is 11.2 Å². The fourth-order valence-corrected chi connectivity index (χ4v) is 4.69. The summed E-state index contributed by atoms with van der Waals surface area (Å²) in [4.78, 5) is 13.8. The third-order valence-electron chi connectivity index (χ3n) is 6.88. The summed E-state index contributed by atoms with van der Waals surface area (Å²) in [6, 6.07) is 11.8. The number of rotatable bonds is 12. The van der Waals surface area contributed by atoms with E-state index in [4.69, 9.17) is 18.9 Å². The van der Waals surface area contributed by atoms with Gasteiger partial charge in [0.1, 0.15) is 0 Å². The summed E-state index contributed by atoms with van der Waals surface area (Å²) in [6.45, 7) is 17.2. The van der Waals surface area contributed by atoms with Crippen molar-refractivity contribution in [2.24, 2.45) is 11.3 Å². The number of Topliss-reactive ketones (excluding diaryl/α,β-unsaturated/α-hetero) is 1. The molecule has 1 aliphatic rings. The van der Waals surface area contributed by atoms with Gasteiger partial charge in [-0.1, -0.05) is 46.8 Å². The number of ketones is 1. The molecular weight excluding hydrogens is 488 g/mol. The highest BCUT2D eigenvalue weighted by Gasteiger charge is 2.34. The number of allylic oxidation sites excluding steroid dienone is 2. The van der Waals surface area contributed by atoms with Crippen molar-refractivity contribution in [1.29, 1.82) is 0 Å². The Kier molecular flexibility index (Phi) is 11.1. The summed E-state index contributed by atoms with van der Waals surface area (Å²) in [7, 11) is 0. The third-order valence-corrected chi connectivity index (χ3v) is 6.88. The Balaban J connectivity index is 1.99. The monoisotopic (exact) mass is 534 g/mol. The van der Waals surface area contributed by atoms with Crippen LogP contribution in [0, 0.1) is 11.3 Å². The molecule has 0 atom stereocenters. The zero-order chi connectivity index (χ0) is 28.4. The highest BCUT2D eigenvalue weighted by atomic mass is 16.5. The lowest BCUT2D eigenvalue weighted by molar-refractivity contribution is -0.113. The lowest BCUT2D eigenvalue weighted by Crippen LogP contribution is -2.29. The molecule has 2 aromatic rings. The maximum Gasteiger partial charge on any atom is 0.185 e. The Hall–Kier alpha value is -3.21. The average molecular weight is 535 g/mol. The SMILES string of the molecule is CCCOc1ccc(/C=C2\CC(C(C)(C)C)C/C(=C\c3ccc(OCCC)c(OCC)c3)C2=O)cc1OCC. The van der Waals surface area contributed by atoms with Crippen molar-refractivity contribution in [3.8, 4) is 23.0 Å². The molecule has 0 N–H and O–H groups in total. The maximum atomic E-state index is 13.8. The highest BCUT2D eigenvalue weighted by molar-refractivity contribution is 6.14. The predicted molar refractivity (Wildman–Crippen MR) is 160 cm³/mol. The van der Waals surface area contributed by atoms with E-state index < -0.39 is 0 Å². The van der Waals surface area contributed by atoms with Crippen LogP contribution in [0.5, 0.6) is 23.0 Å². The summed E-state index contributed by atoms with van der Waals surface area (Å²) < 4.78 is 23.4. The van der Waals surface area contributed by atoms with Gasteiger partial charge in [-0.25, -0.2) is 0 Å². The zero-order valence-electron chi connectivity index (χ0n) is 24.9. The van der Waals surface area contributed by atoms with Gasteiger partial charge < -0.3 is 18.9 Å². The Morgan fingerprint density at radius 1 is 0.692 bits per heavy atom. The molecule has 0 saturated heterocycles. The lowest BCUT2D eigenvalue weighted by atomic mass is 9.68. The fraction of sp³-hybridized carbons (Fsp3) is 0.500. The van der Waals surface area contributed by atoms with Crippen molar-refractivity contribution < 1.29 is 23.7 Å². The van der Waals surface area contributed by atoms with Gasteiger partial charge in [-0.2, -0.15) is 0 Å². The summed E-state index contributed by atoms with van der Waals surface area (Å²) >= 11 is 0. The molecule has 1 saturated carbocycles. The molecular formula is C34H46O5. The molecule has 39 heavy (non-hydrogen) atoms. The molecule has 3 rings (SSSR count). The van der Waals surface area contributed by atoms with Crippen LogP contribution in [0.1, 0.15) is 85.3 Å². The predicted octanol–water partition coefficient (Wildman–Crippen LogP) is 8.55. The van der Waals surface area contributed by atoms with Crippen molar-refractivity contribution >= 4 is 17.9 Å². The van der Waals surface area contributed by atoms with Crippen LogP contribution in [0.4, 0.5) is 0 Å². The molecule has 0 spiro atoms. The minimum atomic E-state index is 0.0571. The first-order chi connectivity index (χ1) is 18.7. The van der Waals surface area contributed by atoms with Gasteiger partial charge >= 0.3 is 0 Å². The number of hydrogen-bond acceptors (Lipinski definition) is 5. The van der Waals surface area contributed by atoms with Gasteiger partial charge in [0.2, 0.25) is 0 Å². The molecule has 0 aromatic heterocycles. The fourth-order valence-electron chi connectivity index (χ4n) is 4.69. The van der Waals surface area contributed by atoms with E-state index in [1.807, 2.05) is 62.4 Å². The largest absolute Gasteiger partial charge is 0.490 e. The molecule has 0 aliphatic heterocycles. The number of benzene rings is 2. The normalized spacial score (nSPS) is 17.9. The van der Waals surface area contributed by atoms with Crippen molar-refractivity contribution in [2.45, 2.75) is 74.1 Å². The average Bonchev–Trinajstić information content (AvgIpc) is 2.89. The van der Waals surface area contributed by atoms with E-state index in [9.17, 15) is 4.79 Å².